The minimum Gasteiger partial charge on any atom is -0.440 e. The number of benzene rings is 1. The second-order valence-electron chi connectivity index (χ2n) is 4.13. The second kappa shape index (κ2) is 6.06. The highest BCUT2D eigenvalue weighted by atomic mass is 19.4. The fourth-order valence-electron chi connectivity index (χ4n) is 1.40. The van der Waals surface area contributed by atoms with Gasteiger partial charge in [-0.05, 0) is 24.6 Å². The van der Waals surface area contributed by atoms with Gasteiger partial charge >= 0.3 is 12.3 Å². The van der Waals surface area contributed by atoms with Gasteiger partial charge in [0.05, 0.1) is 6.04 Å². The molecule has 0 N–H and O–H groups in total. The zero-order valence-corrected chi connectivity index (χ0v) is 10.7. The van der Waals surface area contributed by atoms with Crippen LogP contribution >= 0.6 is 0 Å². The number of halogens is 5. The van der Waals surface area contributed by atoms with Gasteiger partial charge in [0.1, 0.15) is 0 Å². The van der Waals surface area contributed by atoms with Crippen molar-refractivity contribution in [3.05, 3.63) is 35.4 Å². The molecular weight excluding hydrogens is 285 g/mol. The molecule has 0 radical (unpaired) electrons. The molecule has 0 bridgehead atoms. The van der Waals surface area contributed by atoms with E-state index in [9.17, 15) is 26.7 Å². The highest BCUT2D eigenvalue weighted by Crippen LogP contribution is 2.22. The first-order chi connectivity index (χ1) is 9.11. The fraction of sp³-hybridized carbons (Fsp3) is 0.417. The summed E-state index contributed by atoms with van der Waals surface area (Å²) >= 11 is 0. The van der Waals surface area contributed by atoms with E-state index >= 15 is 0 Å². The lowest BCUT2D eigenvalue weighted by Crippen LogP contribution is -2.33. The summed E-state index contributed by atoms with van der Waals surface area (Å²) in [4.78, 5) is 12.3. The molecule has 112 valence electrons. The first kappa shape index (κ1) is 16.2. The zero-order valence-electron chi connectivity index (χ0n) is 10.7. The van der Waals surface area contributed by atoms with Crippen molar-refractivity contribution in [1.29, 1.82) is 0 Å². The molecule has 0 aliphatic carbocycles. The van der Waals surface area contributed by atoms with E-state index in [0.717, 1.165) is 17.0 Å². The number of carbonyl (C=O) groups is 1. The third kappa shape index (κ3) is 4.36. The van der Waals surface area contributed by atoms with Gasteiger partial charge in [0.2, 0.25) is 0 Å². The van der Waals surface area contributed by atoms with Gasteiger partial charge in [-0.15, -0.1) is 0 Å². The van der Waals surface area contributed by atoms with Crippen LogP contribution in [0.25, 0.3) is 0 Å². The Hall–Kier alpha value is -1.86. The molecule has 1 unspecified atom stereocenters. The van der Waals surface area contributed by atoms with Crippen LogP contribution < -0.4 is 0 Å². The quantitative estimate of drug-likeness (QED) is 0.797. The second-order valence-corrected chi connectivity index (χ2v) is 4.13. The topological polar surface area (TPSA) is 29.5 Å². The first-order valence-electron chi connectivity index (χ1n) is 5.53. The van der Waals surface area contributed by atoms with Crippen LogP contribution in [0.3, 0.4) is 0 Å². The number of carbonyl (C=O) groups excluding carboxylic acids is 1. The van der Waals surface area contributed by atoms with E-state index < -0.39 is 36.6 Å². The molecule has 20 heavy (non-hydrogen) atoms. The third-order valence-corrected chi connectivity index (χ3v) is 2.65. The van der Waals surface area contributed by atoms with Crippen molar-refractivity contribution in [1.82, 2.24) is 4.90 Å². The fourth-order valence-corrected chi connectivity index (χ4v) is 1.40. The summed E-state index contributed by atoms with van der Waals surface area (Å²) < 4.78 is 65.6. The molecule has 0 aliphatic rings. The lowest BCUT2D eigenvalue weighted by molar-refractivity contribution is -0.162. The Labute approximate surface area is 111 Å². The van der Waals surface area contributed by atoms with E-state index in [1.807, 2.05) is 0 Å². The van der Waals surface area contributed by atoms with Crippen molar-refractivity contribution in [3.63, 3.8) is 0 Å². The van der Waals surface area contributed by atoms with Crippen LogP contribution in [-0.2, 0) is 4.74 Å². The molecule has 0 saturated heterocycles. The molecule has 1 aromatic carbocycles. The van der Waals surface area contributed by atoms with E-state index in [1.165, 1.54) is 20.0 Å². The van der Waals surface area contributed by atoms with Gasteiger partial charge in [0, 0.05) is 7.05 Å². The number of amides is 1. The van der Waals surface area contributed by atoms with Crippen molar-refractivity contribution in [3.8, 4) is 0 Å². The molecule has 1 rings (SSSR count). The minimum absolute atomic E-state index is 0.232. The van der Waals surface area contributed by atoms with Crippen molar-refractivity contribution < 1.29 is 31.5 Å². The highest BCUT2D eigenvalue weighted by molar-refractivity contribution is 5.68. The van der Waals surface area contributed by atoms with Crippen molar-refractivity contribution in [2.75, 3.05) is 13.7 Å². The number of ether oxygens (including phenoxy) is 1. The molecule has 0 aromatic heterocycles. The molecule has 0 fully saturated rings. The maximum absolute atomic E-state index is 13.0. The van der Waals surface area contributed by atoms with E-state index in [0.29, 0.717) is 0 Å². The van der Waals surface area contributed by atoms with E-state index in [4.69, 9.17) is 0 Å². The number of alkyl halides is 3. The molecular formula is C12H12F5NO2. The predicted molar refractivity (Wildman–Crippen MR) is 59.9 cm³/mol. The predicted octanol–water partition coefficient (Wildman–Crippen LogP) is 3.66. The molecule has 3 nitrogen and oxygen atoms in total. The molecule has 1 atom stereocenters. The highest BCUT2D eigenvalue weighted by Gasteiger charge is 2.31. The average Bonchev–Trinajstić information content (AvgIpc) is 2.36. The summed E-state index contributed by atoms with van der Waals surface area (Å²) in [6, 6.07) is 2.20. The van der Waals surface area contributed by atoms with E-state index in [2.05, 4.69) is 4.74 Å². The third-order valence-electron chi connectivity index (χ3n) is 2.65. The van der Waals surface area contributed by atoms with Crippen molar-refractivity contribution >= 4 is 6.09 Å². The summed E-state index contributed by atoms with van der Waals surface area (Å²) in [6.07, 6.45) is -5.83. The lowest BCUT2D eigenvalue weighted by Gasteiger charge is -2.25. The van der Waals surface area contributed by atoms with Crippen LogP contribution in [0, 0.1) is 11.6 Å². The molecule has 8 heteroatoms. The molecule has 0 saturated carbocycles. The van der Waals surface area contributed by atoms with Crippen LogP contribution in [0.4, 0.5) is 26.7 Å². The Bertz CT molecular complexity index is 489. The number of rotatable bonds is 3. The average molecular weight is 297 g/mol. The van der Waals surface area contributed by atoms with Crippen molar-refractivity contribution in [2.24, 2.45) is 0 Å². The van der Waals surface area contributed by atoms with E-state index in [1.54, 1.807) is 0 Å². The molecule has 0 spiro atoms. The van der Waals surface area contributed by atoms with Gasteiger partial charge in [0.15, 0.2) is 18.2 Å². The van der Waals surface area contributed by atoms with Gasteiger partial charge in [-0.2, -0.15) is 13.2 Å². The van der Waals surface area contributed by atoms with Gasteiger partial charge in [-0.3, -0.25) is 0 Å². The summed E-state index contributed by atoms with van der Waals surface area (Å²) in [6.45, 7) is -0.262. The Kier molecular flexibility index (Phi) is 4.91. The van der Waals surface area contributed by atoms with Crippen LogP contribution in [0.15, 0.2) is 18.2 Å². The van der Waals surface area contributed by atoms with Gasteiger partial charge < -0.3 is 9.64 Å². The minimum atomic E-state index is -4.62. The van der Waals surface area contributed by atoms with Crippen LogP contribution in [0.5, 0.6) is 0 Å². The van der Waals surface area contributed by atoms with Crippen molar-refractivity contribution in [2.45, 2.75) is 19.1 Å². The summed E-state index contributed by atoms with van der Waals surface area (Å²) in [5.41, 5.74) is 0.232. The molecule has 1 aromatic rings. The maximum Gasteiger partial charge on any atom is 0.422 e. The maximum atomic E-state index is 13.0. The van der Waals surface area contributed by atoms with Gasteiger partial charge in [-0.25, -0.2) is 13.6 Å². The normalized spacial score (nSPS) is 12.9. The number of hydrogen-bond donors (Lipinski definition) is 0. The smallest absolute Gasteiger partial charge is 0.422 e. The number of nitrogens with zero attached hydrogens (tertiary/aromatic N) is 1. The van der Waals surface area contributed by atoms with E-state index in [-0.39, 0.29) is 5.56 Å². The van der Waals surface area contributed by atoms with Gasteiger partial charge in [0.25, 0.3) is 0 Å². The Morgan fingerprint density at radius 2 is 1.90 bits per heavy atom. The van der Waals surface area contributed by atoms with Crippen LogP contribution in [-0.4, -0.2) is 30.8 Å². The summed E-state index contributed by atoms with van der Waals surface area (Å²) in [5, 5.41) is 0. The zero-order chi connectivity index (χ0) is 15.5. The van der Waals surface area contributed by atoms with Gasteiger partial charge in [-0.1, -0.05) is 6.07 Å². The molecule has 0 aliphatic heterocycles. The monoisotopic (exact) mass is 297 g/mol. The lowest BCUT2D eigenvalue weighted by atomic mass is 10.1. The standard InChI is InChI=1S/C12H12F5NO2/c1-7(8-3-4-9(13)10(14)5-8)18(2)11(19)20-6-12(15,16)17/h3-5,7H,6H2,1-2H3. The number of hydrogen-bond acceptors (Lipinski definition) is 2. The summed E-state index contributed by atoms with van der Waals surface area (Å²) in [7, 11) is 1.20. The SMILES string of the molecule is CC(c1ccc(F)c(F)c1)N(C)C(=O)OCC(F)(F)F. The first-order valence-corrected chi connectivity index (χ1v) is 5.53. The molecule has 1 amide bonds. The molecule has 0 heterocycles. The Morgan fingerprint density at radius 1 is 1.30 bits per heavy atom. The largest absolute Gasteiger partial charge is 0.440 e. The Morgan fingerprint density at radius 3 is 2.40 bits per heavy atom. The van der Waals surface area contributed by atoms with Crippen LogP contribution in [0.2, 0.25) is 0 Å². The summed E-state index contributed by atoms with van der Waals surface area (Å²) in [5.74, 6) is -2.16. The Balaban J connectivity index is 2.72. The van der Waals surface area contributed by atoms with Crippen LogP contribution in [0.1, 0.15) is 18.5 Å².